The van der Waals surface area contributed by atoms with Gasteiger partial charge >= 0.3 is 0 Å². The summed E-state index contributed by atoms with van der Waals surface area (Å²) in [5, 5.41) is 2.79. The van der Waals surface area contributed by atoms with E-state index in [1.165, 1.54) is 30.0 Å². The fourth-order valence-electron chi connectivity index (χ4n) is 1.82. The lowest BCUT2D eigenvalue weighted by atomic mass is 10.2. The van der Waals surface area contributed by atoms with Crippen molar-refractivity contribution in [2.75, 3.05) is 32.3 Å². The van der Waals surface area contributed by atoms with E-state index in [-0.39, 0.29) is 17.6 Å². The largest absolute Gasteiger partial charge is 0.481 e. The van der Waals surface area contributed by atoms with E-state index >= 15 is 0 Å². The molecular weight excluding hydrogens is 326 g/mol. The first-order chi connectivity index (χ1) is 11.5. The molecule has 0 saturated heterocycles. The summed E-state index contributed by atoms with van der Waals surface area (Å²) in [6.45, 7) is 0. The summed E-state index contributed by atoms with van der Waals surface area (Å²) >= 11 is 1.34. The Kier molecular flexibility index (Phi) is 6.20. The number of pyridine rings is 1. The second-order valence-corrected chi connectivity index (χ2v) is 6.13. The van der Waals surface area contributed by atoms with E-state index in [4.69, 9.17) is 4.74 Å². The molecule has 0 aliphatic carbocycles. The number of nitrogens with zero attached hydrogens (tertiary/aromatic N) is 2. The molecule has 0 saturated carbocycles. The number of benzene rings is 1. The number of anilines is 1. The fourth-order valence-corrected chi connectivity index (χ4v) is 2.85. The number of carbonyl (C=O) groups excluding carboxylic acids is 2. The highest BCUT2D eigenvalue weighted by atomic mass is 32.2. The standard InChI is InChI=1S/C17H19N3O3S/c1-20(2)16(21)11-24-14-7-5-4-6-13(14)17(22)19-12-8-9-15(23-3)18-10-12/h4-10H,11H2,1-3H3,(H,19,22). The monoisotopic (exact) mass is 345 g/mol. The van der Waals surface area contributed by atoms with Crippen molar-refractivity contribution in [3.8, 4) is 5.88 Å². The molecule has 0 aliphatic rings. The molecule has 6 nitrogen and oxygen atoms in total. The van der Waals surface area contributed by atoms with Gasteiger partial charge in [-0.3, -0.25) is 9.59 Å². The molecule has 0 fully saturated rings. The number of methoxy groups -OCH3 is 1. The second kappa shape index (κ2) is 8.35. The normalized spacial score (nSPS) is 10.1. The predicted molar refractivity (Wildman–Crippen MR) is 94.6 cm³/mol. The van der Waals surface area contributed by atoms with Gasteiger partial charge in [0, 0.05) is 25.1 Å². The van der Waals surface area contributed by atoms with Crippen LogP contribution in [0.15, 0.2) is 47.5 Å². The van der Waals surface area contributed by atoms with Gasteiger partial charge in [0.05, 0.1) is 30.3 Å². The summed E-state index contributed by atoms with van der Waals surface area (Å²) in [5.41, 5.74) is 1.09. The zero-order valence-corrected chi connectivity index (χ0v) is 14.6. The van der Waals surface area contributed by atoms with Crippen molar-refractivity contribution in [2.45, 2.75) is 4.90 Å². The smallest absolute Gasteiger partial charge is 0.256 e. The minimum atomic E-state index is -0.248. The number of hydrogen-bond acceptors (Lipinski definition) is 5. The number of rotatable bonds is 6. The van der Waals surface area contributed by atoms with Gasteiger partial charge < -0.3 is 15.0 Å². The third-order valence-corrected chi connectivity index (χ3v) is 4.24. The van der Waals surface area contributed by atoms with Gasteiger partial charge in [-0.25, -0.2) is 4.98 Å². The van der Waals surface area contributed by atoms with Crippen LogP contribution in [0.5, 0.6) is 5.88 Å². The van der Waals surface area contributed by atoms with Crippen LogP contribution >= 0.6 is 11.8 Å². The van der Waals surface area contributed by atoms with Crippen molar-refractivity contribution in [2.24, 2.45) is 0 Å². The molecule has 1 heterocycles. The quantitative estimate of drug-likeness (QED) is 0.815. The van der Waals surface area contributed by atoms with Crippen molar-refractivity contribution < 1.29 is 14.3 Å². The van der Waals surface area contributed by atoms with E-state index in [2.05, 4.69) is 10.3 Å². The van der Waals surface area contributed by atoms with Crippen molar-refractivity contribution in [1.29, 1.82) is 0 Å². The average Bonchev–Trinajstić information content (AvgIpc) is 2.60. The first-order valence-electron chi connectivity index (χ1n) is 7.24. The second-order valence-electron chi connectivity index (χ2n) is 5.12. The van der Waals surface area contributed by atoms with Gasteiger partial charge in [0.2, 0.25) is 11.8 Å². The summed E-state index contributed by atoms with van der Waals surface area (Å²) < 4.78 is 4.99. The zero-order chi connectivity index (χ0) is 17.5. The van der Waals surface area contributed by atoms with Gasteiger partial charge in [-0.1, -0.05) is 12.1 Å². The number of carbonyl (C=O) groups is 2. The van der Waals surface area contributed by atoms with Crippen LogP contribution in [-0.4, -0.2) is 48.7 Å². The first-order valence-corrected chi connectivity index (χ1v) is 8.23. The van der Waals surface area contributed by atoms with E-state index in [0.717, 1.165) is 4.90 Å². The van der Waals surface area contributed by atoms with Crippen molar-refractivity contribution in [1.82, 2.24) is 9.88 Å². The van der Waals surface area contributed by atoms with E-state index in [1.54, 1.807) is 38.4 Å². The number of hydrogen-bond donors (Lipinski definition) is 1. The number of thioether (sulfide) groups is 1. The Morgan fingerprint density at radius 2 is 1.96 bits per heavy atom. The number of nitrogens with one attached hydrogen (secondary N) is 1. The maximum Gasteiger partial charge on any atom is 0.256 e. The number of amides is 2. The Bertz CT molecular complexity index is 717. The number of aromatic nitrogens is 1. The molecule has 1 aromatic carbocycles. The SMILES string of the molecule is COc1ccc(NC(=O)c2ccccc2SCC(=O)N(C)C)cn1. The Labute approximate surface area is 145 Å². The highest BCUT2D eigenvalue weighted by molar-refractivity contribution is 8.00. The molecule has 2 rings (SSSR count). The maximum absolute atomic E-state index is 12.5. The maximum atomic E-state index is 12.5. The van der Waals surface area contributed by atoms with E-state index in [1.807, 2.05) is 12.1 Å². The topological polar surface area (TPSA) is 71.5 Å². The summed E-state index contributed by atoms with van der Waals surface area (Å²) in [5.74, 6) is 0.504. The van der Waals surface area contributed by atoms with Gasteiger partial charge in [-0.15, -0.1) is 11.8 Å². The van der Waals surface area contributed by atoms with Gasteiger partial charge in [0.25, 0.3) is 5.91 Å². The summed E-state index contributed by atoms with van der Waals surface area (Å²) in [7, 11) is 4.94. The van der Waals surface area contributed by atoms with Crippen LogP contribution in [0.3, 0.4) is 0 Å². The zero-order valence-electron chi connectivity index (χ0n) is 13.8. The Balaban J connectivity index is 2.09. The highest BCUT2D eigenvalue weighted by Crippen LogP contribution is 2.24. The Morgan fingerprint density at radius 1 is 1.21 bits per heavy atom. The summed E-state index contributed by atoms with van der Waals surface area (Å²) in [6, 6.07) is 10.6. The lowest BCUT2D eigenvalue weighted by Gasteiger charge is -2.12. The predicted octanol–water partition coefficient (Wildman–Crippen LogP) is 2.52. The minimum Gasteiger partial charge on any atom is -0.481 e. The molecule has 0 spiro atoms. The molecule has 0 radical (unpaired) electrons. The molecule has 1 aromatic heterocycles. The van der Waals surface area contributed by atoms with Gasteiger partial charge in [0.1, 0.15) is 0 Å². The third kappa shape index (κ3) is 4.73. The van der Waals surface area contributed by atoms with Crippen molar-refractivity contribution in [3.05, 3.63) is 48.2 Å². The van der Waals surface area contributed by atoms with Crippen molar-refractivity contribution in [3.63, 3.8) is 0 Å². The van der Waals surface area contributed by atoms with E-state index in [0.29, 0.717) is 17.1 Å². The van der Waals surface area contributed by atoms with Gasteiger partial charge in [-0.05, 0) is 18.2 Å². The Hall–Kier alpha value is -2.54. The summed E-state index contributed by atoms with van der Waals surface area (Å²) in [4.78, 5) is 30.6. The molecule has 7 heteroatoms. The summed E-state index contributed by atoms with van der Waals surface area (Å²) in [6.07, 6.45) is 1.53. The lowest BCUT2D eigenvalue weighted by molar-refractivity contribution is -0.125. The van der Waals surface area contributed by atoms with Gasteiger partial charge in [-0.2, -0.15) is 0 Å². The minimum absolute atomic E-state index is 0.00503. The molecule has 0 unspecified atom stereocenters. The lowest BCUT2D eigenvalue weighted by Crippen LogP contribution is -2.23. The van der Waals surface area contributed by atoms with Crippen LogP contribution in [0.2, 0.25) is 0 Å². The molecule has 1 N–H and O–H groups in total. The van der Waals surface area contributed by atoms with Crippen LogP contribution in [0.4, 0.5) is 5.69 Å². The van der Waals surface area contributed by atoms with Gasteiger partial charge in [0.15, 0.2) is 0 Å². The molecule has 0 atom stereocenters. The first kappa shape index (κ1) is 17.8. The molecule has 2 amide bonds. The third-order valence-electron chi connectivity index (χ3n) is 3.18. The molecule has 0 bridgehead atoms. The Morgan fingerprint density at radius 3 is 2.58 bits per heavy atom. The molecule has 24 heavy (non-hydrogen) atoms. The van der Waals surface area contributed by atoms with E-state index < -0.39 is 0 Å². The van der Waals surface area contributed by atoms with Crippen LogP contribution in [-0.2, 0) is 4.79 Å². The molecule has 2 aromatic rings. The van der Waals surface area contributed by atoms with Crippen LogP contribution in [0.1, 0.15) is 10.4 Å². The van der Waals surface area contributed by atoms with Crippen molar-refractivity contribution >= 4 is 29.3 Å². The van der Waals surface area contributed by atoms with E-state index in [9.17, 15) is 9.59 Å². The fraction of sp³-hybridized carbons (Fsp3) is 0.235. The molecule has 126 valence electrons. The van der Waals surface area contributed by atoms with Crippen LogP contribution in [0.25, 0.3) is 0 Å². The number of ether oxygens (including phenoxy) is 1. The van der Waals surface area contributed by atoms with Crippen LogP contribution in [0, 0.1) is 0 Å². The highest BCUT2D eigenvalue weighted by Gasteiger charge is 2.14. The van der Waals surface area contributed by atoms with Crippen LogP contribution < -0.4 is 10.1 Å². The molecule has 0 aliphatic heterocycles. The molecular formula is C17H19N3O3S. The average molecular weight is 345 g/mol.